The molecule has 0 spiro atoms. The summed E-state index contributed by atoms with van der Waals surface area (Å²) in [5, 5.41) is 0. The zero-order valence-electron chi connectivity index (χ0n) is 8.19. The van der Waals surface area contributed by atoms with Gasteiger partial charge >= 0.3 is 0 Å². The van der Waals surface area contributed by atoms with Crippen LogP contribution in [0, 0.1) is 0 Å². The summed E-state index contributed by atoms with van der Waals surface area (Å²) in [6.45, 7) is 1.79. The minimum absolute atomic E-state index is 0.146. The van der Waals surface area contributed by atoms with E-state index < -0.39 is 9.84 Å². The Bertz CT molecular complexity index is 438. The van der Waals surface area contributed by atoms with Crippen LogP contribution in [0.1, 0.15) is 18.5 Å². The predicted octanol–water partition coefficient (Wildman–Crippen LogP) is 0.692. The number of rotatable bonds is 2. The van der Waals surface area contributed by atoms with Gasteiger partial charge in [0.1, 0.15) is 0 Å². The standard InChI is InChI=1S/C9H14N2O2S/c1-6(10)7-3-4-8(11)9(5-7)14(2,12)13/h3-6H,10-11H2,1-2H3. The molecule has 78 valence electrons. The molecule has 4 nitrogen and oxygen atoms in total. The Balaban J connectivity index is 3.37. The van der Waals surface area contributed by atoms with Gasteiger partial charge in [0, 0.05) is 12.3 Å². The molecule has 0 radical (unpaired) electrons. The van der Waals surface area contributed by atoms with E-state index in [1.165, 1.54) is 6.07 Å². The fraction of sp³-hybridized carbons (Fsp3) is 0.333. The third kappa shape index (κ3) is 2.24. The van der Waals surface area contributed by atoms with Gasteiger partial charge < -0.3 is 11.5 Å². The summed E-state index contributed by atoms with van der Waals surface area (Å²) >= 11 is 0. The first-order chi connectivity index (χ1) is 6.32. The largest absolute Gasteiger partial charge is 0.398 e. The Labute approximate surface area is 83.8 Å². The molecular weight excluding hydrogens is 200 g/mol. The van der Waals surface area contributed by atoms with Crippen LogP contribution in [-0.4, -0.2) is 14.7 Å². The molecule has 1 atom stereocenters. The van der Waals surface area contributed by atoms with Crippen molar-refractivity contribution in [1.29, 1.82) is 0 Å². The molecule has 0 aliphatic carbocycles. The molecule has 0 saturated heterocycles. The first-order valence-corrected chi connectivity index (χ1v) is 6.06. The van der Waals surface area contributed by atoms with Crippen LogP contribution in [0.4, 0.5) is 5.69 Å². The molecule has 0 bridgehead atoms. The Hall–Kier alpha value is -1.07. The van der Waals surface area contributed by atoms with Crippen molar-refractivity contribution in [2.75, 3.05) is 12.0 Å². The van der Waals surface area contributed by atoms with Gasteiger partial charge in [-0.1, -0.05) is 6.07 Å². The number of nitrogens with two attached hydrogens (primary N) is 2. The van der Waals surface area contributed by atoms with Crippen molar-refractivity contribution in [2.24, 2.45) is 5.73 Å². The van der Waals surface area contributed by atoms with Gasteiger partial charge in [0.15, 0.2) is 9.84 Å². The van der Waals surface area contributed by atoms with Crippen LogP contribution in [0.15, 0.2) is 23.1 Å². The Morgan fingerprint density at radius 3 is 2.36 bits per heavy atom. The third-order valence-corrected chi connectivity index (χ3v) is 3.12. The zero-order chi connectivity index (χ0) is 10.9. The molecule has 14 heavy (non-hydrogen) atoms. The first kappa shape index (κ1) is 11.0. The van der Waals surface area contributed by atoms with Gasteiger partial charge in [-0.25, -0.2) is 8.42 Å². The lowest BCUT2D eigenvalue weighted by molar-refractivity contribution is 0.602. The maximum absolute atomic E-state index is 11.3. The Morgan fingerprint density at radius 2 is 1.93 bits per heavy atom. The van der Waals surface area contributed by atoms with Crippen molar-refractivity contribution < 1.29 is 8.42 Å². The van der Waals surface area contributed by atoms with Crippen molar-refractivity contribution in [2.45, 2.75) is 17.9 Å². The summed E-state index contributed by atoms with van der Waals surface area (Å²) in [5.74, 6) is 0. The second-order valence-electron chi connectivity index (χ2n) is 3.36. The van der Waals surface area contributed by atoms with Crippen LogP contribution in [0.2, 0.25) is 0 Å². The Morgan fingerprint density at radius 1 is 1.36 bits per heavy atom. The molecule has 1 unspecified atom stereocenters. The molecule has 0 amide bonds. The smallest absolute Gasteiger partial charge is 0.177 e. The fourth-order valence-electron chi connectivity index (χ4n) is 1.16. The van der Waals surface area contributed by atoms with Gasteiger partial charge in [0.2, 0.25) is 0 Å². The highest BCUT2D eigenvalue weighted by atomic mass is 32.2. The first-order valence-electron chi connectivity index (χ1n) is 4.17. The van der Waals surface area contributed by atoms with E-state index in [0.29, 0.717) is 0 Å². The third-order valence-electron chi connectivity index (χ3n) is 1.96. The van der Waals surface area contributed by atoms with Crippen molar-refractivity contribution in [1.82, 2.24) is 0 Å². The number of sulfone groups is 1. The zero-order valence-corrected chi connectivity index (χ0v) is 9.01. The van der Waals surface area contributed by atoms with Crippen molar-refractivity contribution in [3.8, 4) is 0 Å². The lowest BCUT2D eigenvalue weighted by atomic mass is 10.1. The van der Waals surface area contributed by atoms with Crippen LogP contribution >= 0.6 is 0 Å². The summed E-state index contributed by atoms with van der Waals surface area (Å²) in [7, 11) is -3.27. The van der Waals surface area contributed by atoms with E-state index >= 15 is 0 Å². The number of benzene rings is 1. The van der Waals surface area contributed by atoms with E-state index in [0.717, 1.165) is 11.8 Å². The van der Waals surface area contributed by atoms with E-state index in [1.807, 2.05) is 0 Å². The molecule has 0 aliphatic heterocycles. The summed E-state index contributed by atoms with van der Waals surface area (Å²) in [4.78, 5) is 0.146. The number of hydrogen-bond donors (Lipinski definition) is 2. The summed E-state index contributed by atoms with van der Waals surface area (Å²) < 4.78 is 22.6. The van der Waals surface area contributed by atoms with Crippen molar-refractivity contribution in [3.63, 3.8) is 0 Å². The summed E-state index contributed by atoms with van der Waals surface area (Å²) in [6, 6.07) is 4.62. The second kappa shape index (κ2) is 3.59. The second-order valence-corrected chi connectivity index (χ2v) is 5.34. The number of nitrogen functional groups attached to an aromatic ring is 1. The average Bonchev–Trinajstić information content (AvgIpc) is 2.02. The van der Waals surface area contributed by atoms with E-state index in [-0.39, 0.29) is 16.6 Å². The molecule has 0 aliphatic rings. The van der Waals surface area contributed by atoms with Gasteiger partial charge in [0.25, 0.3) is 0 Å². The van der Waals surface area contributed by atoms with Crippen molar-refractivity contribution in [3.05, 3.63) is 23.8 Å². The number of anilines is 1. The molecule has 0 aromatic heterocycles. The van der Waals surface area contributed by atoms with Gasteiger partial charge in [-0.2, -0.15) is 0 Å². The Kier molecular flexibility index (Phi) is 2.82. The molecule has 1 aromatic carbocycles. The van der Waals surface area contributed by atoms with E-state index in [1.54, 1.807) is 19.1 Å². The topological polar surface area (TPSA) is 86.2 Å². The monoisotopic (exact) mass is 214 g/mol. The van der Waals surface area contributed by atoms with Gasteiger partial charge in [-0.3, -0.25) is 0 Å². The van der Waals surface area contributed by atoms with Crippen LogP contribution in [-0.2, 0) is 9.84 Å². The summed E-state index contributed by atoms with van der Waals surface area (Å²) in [6.07, 6.45) is 1.13. The van der Waals surface area contributed by atoms with Crippen LogP contribution in [0.3, 0.4) is 0 Å². The minimum atomic E-state index is -3.27. The van der Waals surface area contributed by atoms with E-state index in [2.05, 4.69) is 0 Å². The average molecular weight is 214 g/mol. The van der Waals surface area contributed by atoms with Crippen LogP contribution in [0.25, 0.3) is 0 Å². The normalized spacial score (nSPS) is 13.9. The lowest BCUT2D eigenvalue weighted by Crippen LogP contribution is -2.08. The molecule has 1 aromatic rings. The van der Waals surface area contributed by atoms with E-state index in [9.17, 15) is 8.42 Å². The van der Waals surface area contributed by atoms with E-state index in [4.69, 9.17) is 11.5 Å². The number of hydrogen-bond acceptors (Lipinski definition) is 4. The molecule has 1 rings (SSSR count). The maximum Gasteiger partial charge on any atom is 0.177 e. The van der Waals surface area contributed by atoms with Crippen LogP contribution in [0.5, 0.6) is 0 Å². The highest BCUT2D eigenvalue weighted by molar-refractivity contribution is 7.90. The fourth-order valence-corrected chi connectivity index (χ4v) is 2.00. The van der Waals surface area contributed by atoms with Gasteiger partial charge in [-0.05, 0) is 24.6 Å². The molecule has 5 heteroatoms. The highest BCUT2D eigenvalue weighted by Gasteiger charge is 2.13. The highest BCUT2D eigenvalue weighted by Crippen LogP contribution is 2.22. The maximum atomic E-state index is 11.3. The van der Waals surface area contributed by atoms with Crippen LogP contribution < -0.4 is 11.5 Å². The molecular formula is C9H14N2O2S. The van der Waals surface area contributed by atoms with Gasteiger partial charge in [0.05, 0.1) is 10.6 Å². The SMILES string of the molecule is CC(N)c1ccc(N)c(S(C)(=O)=O)c1. The quantitative estimate of drug-likeness (QED) is 0.709. The molecule has 0 heterocycles. The van der Waals surface area contributed by atoms with Crippen molar-refractivity contribution >= 4 is 15.5 Å². The molecule has 0 saturated carbocycles. The molecule has 4 N–H and O–H groups in total. The van der Waals surface area contributed by atoms with Gasteiger partial charge in [-0.15, -0.1) is 0 Å². The lowest BCUT2D eigenvalue weighted by Gasteiger charge is -2.09. The molecule has 0 fully saturated rings. The minimum Gasteiger partial charge on any atom is -0.398 e. The predicted molar refractivity (Wildman–Crippen MR) is 56.6 cm³/mol. The summed E-state index contributed by atoms with van der Waals surface area (Å²) in [5.41, 5.74) is 12.2.